The maximum atomic E-state index is 13.3. The molecule has 0 amide bonds. The largest absolute Gasteiger partial charge is 0.346 e. The molecule has 0 atom stereocenters. The maximum Gasteiger partial charge on any atom is 0.240 e. The van der Waals surface area contributed by atoms with Crippen molar-refractivity contribution in [2.24, 2.45) is 0 Å². The third-order valence-electron chi connectivity index (χ3n) is 3.94. The summed E-state index contributed by atoms with van der Waals surface area (Å²) in [5.74, 6) is -0.286. The number of hydrogen-bond acceptors (Lipinski definition) is 2. The molecule has 0 radical (unpaired) electrons. The number of aryl methyl sites for hydroxylation is 1. The zero-order valence-electron chi connectivity index (χ0n) is 13.8. The van der Waals surface area contributed by atoms with Gasteiger partial charge in [0.1, 0.15) is 5.82 Å². The first-order chi connectivity index (χ1) is 11.9. The van der Waals surface area contributed by atoms with Crippen LogP contribution in [0.4, 0.5) is 4.39 Å². The monoisotopic (exact) mass is 358 g/mol. The van der Waals surface area contributed by atoms with E-state index in [2.05, 4.69) is 4.72 Å². The number of nitrogens with one attached hydrogen (secondary N) is 1. The molecule has 130 valence electrons. The minimum atomic E-state index is -3.57. The predicted molar refractivity (Wildman–Crippen MR) is 95.1 cm³/mol. The summed E-state index contributed by atoms with van der Waals surface area (Å²) in [5, 5.41) is 0. The summed E-state index contributed by atoms with van der Waals surface area (Å²) in [7, 11) is -3.57. The average molecular weight is 358 g/mol. The van der Waals surface area contributed by atoms with Gasteiger partial charge in [0.05, 0.1) is 11.4 Å². The van der Waals surface area contributed by atoms with E-state index in [1.807, 2.05) is 35.9 Å². The Morgan fingerprint density at radius 3 is 2.52 bits per heavy atom. The highest BCUT2D eigenvalue weighted by atomic mass is 32.2. The van der Waals surface area contributed by atoms with Crippen molar-refractivity contribution >= 4 is 10.0 Å². The average Bonchev–Trinajstić information content (AvgIpc) is 3.01. The lowest BCUT2D eigenvalue weighted by Gasteiger charge is -2.11. The van der Waals surface area contributed by atoms with Crippen molar-refractivity contribution in [1.29, 1.82) is 0 Å². The van der Waals surface area contributed by atoms with Gasteiger partial charge >= 0.3 is 0 Å². The zero-order valence-corrected chi connectivity index (χ0v) is 14.6. The van der Waals surface area contributed by atoms with Crippen molar-refractivity contribution in [3.63, 3.8) is 0 Å². The number of hydrogen-bond donors (Lipinski definition) is 1. The van der Waals surface area contributed by atoms with Crippen LogP contribution in [0.2, 0.25) is 0 Å². The van der Waals surface area contributed by atoms with E-state index in [1.165, 1.54) is 12.1 Å². The SMILES string of the molecule is Cc1ccc(S(=O)(=O)NCc2cccn2Cc2cccc(F)c2)cc1. The highest BCUT2D eigenvalue weighted by Gasteiger charge is 2.14. The molecule has 1 heterocycles. The highest BCUT2D eigenvalue weighted by molar-refractivity contribution is 7.89. The molecule has 2 aromatic carbocycles. The van der Waals surface area contributed by atoms with Crippen molar-refractivity contribution in [3.8, 4) is 0 Å². The first-order valence-electron chi connectivity index (χ1n) is 7.89. The van der Waals surface area contributed by atoms with E-state index in [4.69, 9.17) is 0 Å². The molecule has 4 nitrogen and oxygen atoms in total. The Bertz CT molecular complexity index is 963. The third kappa shape index (κ3) is 4.35. The van der Waals surface area contributed by atoms with Crippen LogP contribution in [0.5, 0.6) is 0 Å². The summed E-state index contributed by atoms with van der Waals surface area (Å²) in [6.45, 7) is 2.55. The van der Waals surface area contributed by atoms with Gasteiger partial charge < -0.3 is 4.57 Å². The molecule has 25 heavy (non-hydrogen) atoms. The molecule has 0 aliphatic carbocycles. The topological polar surface area (TPSA) is 51.1 Å². The van der Waals surface area contributed by atoms with Gasteiger partial charge in [0.15, 0.2) is 0 Å². The van der Waals surface area contributed by atoms with Crippen LogP contribution in [0, 0.1) is 12.7 Å². The quantitative estimate of drug-likeness (QED) is 0.734. The normalized spacial score (nSPS) is 11.6. The molecule has 0 bridgehead atoms. The van der Waals surface area contributed by atoms with Crippen LogP contribution < -0.4 is 4.72 Å². The van der Waals surface area contributed by atoms with E-state index < -0.39 is 10.0 Å². The molecule has 3 rings (SSSR count). The smallest absolute Gasteiger partial charge is 0.240 e. The van der Waals surface area contributed by atoms with Crippen LogP contribution in [-0.2, 0) is 23.1 Å². The number of aromatic nitrogens is 1. The second-order valence-corrected chi connectivity index (χ2v) is 7.66. The molecule has 0 fully saturated rings. The fraction of sp³-hybridized carbons (Fsp3) is 0.158. The fourth-order valence-corrected chi connectivity index (χ4v) is 3.56. The van der Waals surface area contributed by atoms with E-state index in [0.717, 1.165) is 16.8 Å². The lowest BCUT2D eigenvalue weighted by atomic mass is 10.2. The summed E-state index contributed by atoms with van der Waals surface area (Å²) >= 11 is 0. The minimum absolute atomic E-state index is 0.165. The number of nitrogens with zero attached hydrogens (tertiary/aromatic N) is 1. The highest BCUT2D eigenvalue weighted by Crippen LogP contribution is 2.13. The molecule has 6 heteroatoms. The molecule has 1 N–H and O–H groups in total. The summed E-state index contributed by atoms with van der Waals surface area (Å²) in [6, 6.07) is 16.8. The molecule has 0 aliphatic heterocycles. The molecular formula is C19H19FN2O2S. The van der Waals surface area contributed by atoms with Gasteiger partial charge in [-0.1, -0.05) is 29.8 Å². The second kappa shape index (κ2) is 7.21. The van der Waals surface area contributed by atoms with Gasteiger partial charge in [-0.2, -0.15) is 0 Å². The molecule has 0 saturated heterocycles. The van der Waals surface area contributed by atoms with Crippen molar-refractivity contribution in [1.82, 2.24) is 9.29 Å². The summed E-state index contributed by atoms with van der Waals surface area (Å²) in [5.41, 5.74) is 2.63. The Labute approximate surface area is 147 Å². The zero-order chi connectivity index (χ0) is 17.9. The summed E-state index contributed by atoms with van der Waals surface area (Å²) < 4.78 is 42.6. The first kappa shape index (κ1) is 17.4. The van der Waals surface area contributed by atoms with E-state index in [0.29, 0.717) is 6.54 Å². The molecule has 0 saturated carbocycles. The summed E-state index contributed by atoms with van der Waals surface area (Å²) in [6.07, 6.45) is 1.85. The Morgan fingerprint density at radius 2 is 1.80 bits per heavy atom. The fourth-order valence-electron chi connectivity index (χ4n) is 2.57. The van der Waals surface area contributed by atoms with Crippen molar-refractivity contribution < 1.29 is 12.8 Å². The van der Waals surface area contributed by atoms with Gasteiger partial charge in [-0.05, 0) is 48.9 Å². The molecule has 0 aliphatic rings. The van der Waals surface area contributed by atoms with Gasteiger partial charge in [-0.25, -0.2) is 17.5 Å². The lowest BCUT2D eigenvalue weighted by Crippen LogP contribution is -2.24. The van der Waals surface area contributed by atoms with Crippen molar-refractivity contribution in [2.45, 2.75) is 24.9 Å². The predicted octanol–water partition coefficient (Wildman–Crippen LogP) is 3.46. The van der Waals surface area contributed by atoms with Crippen LogP contribution in [0.15, 0.2) is 71.8 Å². The Hall–Kier alpha value is -2.44. The van der Waals surface area contributed by atoms with Crippen molar-refractivity contribution in [3.05, 3.63) is 89.5 Å². The lowest BCUT2D eigenvalue weighted by molar-refractivity contribution is 0.578. The van der Waals surface area contributed by atoms with Crippen LogP contribution in [0.25, 0.3) is 0 Å². The number of sulfonamides is 1. The second-order valence-electron chi connectivity index (χ2n) is 5.89. The van der Waals surface area contributed by atoms with Gasteiger partial charge in [0.25, 0.3) is 0 Å². The Morgan fingerprint density at radius 1 is 1.04 bits per heavy atom. The number of rotatable bonds is 6. The van der Waals surface area contributed by atoms with Gasteiger partial charge in [-0.15, -0.1) is 0 Å². The van der Waals surface area contributed by atoms with Gasteiger partial charge in [-0.3, -0.25) is 0 Å². The van der Waals surface area contributed by atoms with E-state index in [-0.39, 0.29) is 17.3 Å². The standard InChI is InChI=1S/C19H19FN2O2S/c1-15-7-9-19(10-8-15)25(23,24)21-13-18-6-3-11-22(18)14-16-4-2-5-17(20)12-16/h2-12,21H,13-14H2,1H3. The third-order valence-corrected chi connectivity index (χ3v) is 5.36. The van der Waals surface area contributed by atoms with Crippen LogP contribution in [-0.4, -0.2) is 13.0 Å². The number of halogens is 1. The first-order valence-corrected chi connectivity index (χ1v) is 9.37. The number of benzene rings is 2. The molecule has 0 unspecified atom stereocenters. The maximum absolute atomic E-state index is 13.3. The molecule has 0 spiro atoms. The molecule has 3 aromatic rings. The minimum Gasteiger partial charge on any atom is -0.346 e. The Kier molecular flexibility index (Phi) is 5.01. The van der Waals surface area contributed by atoms with E-state index in [9.17, 15) is 12.8 Å². The summed E-state index contributed by atoms with van der Waals surface area (Å²) in [4.78, 5) is 0.237. The van der Waals surface area contributed by atoms with Crippen LogP contribution in [0.1, 0.15) is 16.8 Å². The molecule has 1 aromatic heterocycles. The van der Waals surface area contributed by atoms with E-state index >= 15 is 0 Å². The van der Waals surface area contributed by atoms with Gasteiger partial charge in [0.2, 0.25) is 10.0 Å². The van der Waals surface area contributed by atoms with Gasteiger partial charge in [0, 0.05) is 18.4 Å². The van der Waals surface area contributed by atoms with Crippen LogP contribution in [0.3, 0.4) is 0 Å². The van der Waals surface area contributed by atoms with E-state index in [1.54, 1.807) is 30.3 Å². The van der Waals surface area contributed by atoms with Crippen molar-refractivity contribution in [2.75, 3.05) is 0 Å². The van der Waals surface area contributed by atoms with Crippen LogP contribution >= 0.6 is 0 Å². The molecular weight excluding hydrogens is 339 g/mol. The Balaban J connectivity index is 1.72.